The average Bonchev–Trinajstić information content (AvgIpc) is 2.60. The first-order valence-electron chi connectivity index (χ1n) is 7.95. The Kier molecular flexibility index (Phi) is 3.37. The average molecular weight is 306 g/mol. The second-order valence-corrected chi connectivity index (χ2v) is 5.97. The molecule has 0 fully saturated rings. The first-order valence-corrected chi connectivity index (χ1v) is 7.95. The van der Waals surface area contributed by atoms with Gasteiger partial charge in [0, 0.05) is 23.2 Å². The maximum Gasteiger partial charge on any atom is 0.190 e. The Hall–Kier alpha value is -2.62. The van der Waals surface area contributed by atoms with Crippen molar-refractivity contribution in [2.45, 2.75) is 25.7 Å². The Morgan fingerprint density at radius 2 is 1.96 bits per heavy atom. The molecule has 0 saturated carbocycles. The molecule has 0 radical (unpaired) electrons. The van der Waals surface area contributed by atoms with Crippen molar-refractivity contribution in [2.24, 2.45) is 0 Å². The van der Waals surface area contributed by atoms with Crippen LogP contribution in [0.5, 0.6) is 5.75 Å². The number of nitrogens with one attached hydrogen (secondary N) is 1. The summed E-state index contributed by atoms with van der Waals surface area (Å²) in [6.07, 6.45) is 4.55. The smallest absolute Gasteiger partial charge is 0.190 e. The zero-order valence-electron chi connectivity index (χ0n) is 13.1. The molecule has 23 heavy (non-hydrogen) atoms. The number of hydrogen-bond donors (Lipinski definition) is 1. The number of hydrogen-bond acceptors (Lipinski definition) is 3. The molecular formula is C19H18N2O2. The minimum absolute atomic E-state index is 0.00377. The van der Waals surface area contributed by atoms with Crippen molar-refractivity contribution in [3.8, 4) is 17.1 Å². The third-order valence-corrected chi connectivity index (χ3v) is 4.49. The SMILES string of the molecule is COc1ccc2c(=O)cc(-c3ccc4c(n3)CCCC4)[nH]c2c1. The highest BCUT2D eigenvalue weighted by molar-refractivity contribution is 5.82. The van der Waals surface area contributed by atoms with Gasteiger partial charge in [0.05, 0.1) is 24.0 Å². The molecule has 1 aromatic carbocycles. The summed E-state index contributed by atoms with van der Waals surface area (Å²) in [4.78, 5) is 20.5. The number of pyridine rings is 2. The van der Waals surface area contributed by atoms with E-state index in [9.17, 15) is 4.79 Å². The molecule has 4 rings (SSSR count). The molecule has 116 valence electrons. The molecule has 4 heteroatoms. The van der Waals surface area contributed by atoms with Gasteiger partial charge < -0.3 is 9.72 Å². The summed E-state index contributed by atoms with van der Waals surface area (Å²) >= 11 is 0. The summed E-state index contributed by atoms with van der Waals surface area (Å²) in [7, 11) is 1.62. The Labute approximate surface area is 134 Å². The lowest BCUT2D eigenvalue weighted by atomic mass is 9.95. The normalized spacial score (nSPS) is 13.8. The summed E-state index contributed by atoms with van der Waals surface area (Å²) in [6, 6.07) is 11.2. The predicted octanol–water partition coefficient (Wildman–Crippen LogP) is 3.48. The van der Waals surface area contributed by atoms with Crippen molar-refractivity contribution in [2.75, 3.05) is 7.11 Å². The van der Waals surface area contributed by atoms with Gasteiger partial charge in [-0.2, -0.15) is 0 Å². The zero-order valence-corrected chi connectivity index (χ0v) is 13.1. The molecule has 0 saturated heterocycles. The van der Waals surface area contributed by atoms with Gasteiger partial charge in [0.15, 0.2) is 5.43 Å². The van der Waals surface area contributed by atoms with E-state index in [0.29, 0.717) is 5.39 Å². The molecule has 2 heterocycles. The Bertz CT molecular complexity index is 944. The van der Waals surface area contributed by atoms with Gasteiger partial charge in [-0.15, -0.1) is 0 Å². The van der Waals surface area contributed by atoms with Gasteiger partial charge in [0.25, 0.3) is 0 Å². The molecule has 0 amide bonds. The van der Waals surface area contributed by atoms with Crippen molar-refractivity contribution in [1.82, 2.24) is 9.97 Å². The molecule has 0 spiro atoms. The predicted molar refractivity (Wildman–Crippen MR) is 91.0 cm³/mol. The van der Waals surface area contributed by atoms with Crippen molar-refractivity contribution < 1.29 is 4.74 Å². The molecule has 1 aliphatic carbocycles. The molecular weight excluding hydrogens is 288 g/mol. The van der Waals surface area contributed by atoms with E-state index in [1.54, 1.807) is 25.3 Å². The van der Waals surface area contributed by atoms with Gasteiger partial charge >= 0.3 is 0 Å². The van der Waals surface area contributed by atoms with E-state index < -0.39 is 0 Å². The van der Waals surface area contributed by atoms with E-state index in [0.717, 1.165) is 35.5 Å². The van der Waals surface area contributed by atoms with Gasteiger partial charge in [0.2, 0.25) is 0 Å². The second-order valence-electron chi connectivity index (χ2n) is 5.97. The van der Waals surface area contributed by atoms with Crippen LogP contribution in [-0.2, 0) is 12.8 Å². The van der Waals surface area contributed by atoms with Crippen LogP contribution >= 0.6 is 0 Å². The molecule has 0 bridgehead atoms. The van der Waals surface area contributed by atoms with Crippen molar-refractivity contribution >= 4 is 10.9 Å². The van der Waals surface area contributed by atoms with E-state index >= 15 is 0 Å². The summed E-state index contributed by atoms with van der Waals surface area (Å²) < 4.78 is 5.24. The number of rotatable bonds is 2. The lowest BCUT2D eigenvalue weighted by Gasteiger charge is -2.15. The van der Waals surface area contributed by atoms with Crippen LogP contribution < -0.4 is 10.2 Å². The van der Waals surface area contributed by atoms with Crippen LogP contribution in [0.15, 0.2) is 41.2 Å². The number of nitrogens with zero attached hydrogens (tertiary/aromatic N) is 1. The number of ether oxygens (including phenoxy) is 1. The number of H-pyrrole nitrogens is 1. The Morgan fingerprint density at radius 1 is 1.09 bits per heavy atom. The van der Waals surface area contributed by atoms with Crippen molar-refractivity contribution in [1.29, 1.82) is 0 Å². The molecule has 2 aromatic heterocycles. The van der Waals surface area contributed by atoms with Crippen LogP contribution in [0.3, 0.4) is 0 Å². The van der Waals surface area contributed by atoms with E-state index in [4.69, 9.17) is 9.72 Å². The quantitative estimate of drug-likeness (QED) is 0.788. The van der Waals surface area contributed by atoms with E-state index in [1.807, 2.05) is 12.1 Å². The molecule has 0 aliphatic heterocycles. The number of methoxy groups -OCH3 is 1. The fraction of sp³-hybridized carbons (Fsp3) is 0.263. The van der Waals surface area contributed by atoms with E-state index in [2.05, 4.69) is 11.1 Å². The fourth-order valence-electron chi connectivity index (χ4n) is 3.23. The number of aryl methyl sites for hydroxylation is 2. The highest BCUT2D eigenvalue weighted by Crippen LogP contribution is 2.24. The molecule has 3 aromatic rings. The summed E-state index contributed by atoms with van der Waals surface area (Å²) in [5, 5.41) is 0.660. The topological polar surface area (TPSA) is 55.0 Å². The number of benzene rings is 1. The third-order valence-electron chi connectivity index (χ3n) is 4.49. The third kappa shape index (κ3) is 2.50. The summed E-state index contributed by atoms with van der Waals surface area (Å²) in [5.41, 5.74) is 4.85. The Morgan fingerprint density at radius 3 is 2.83 bits per heavy atom. The van der Waals surface area contributed by atoms with Crippen LogP contribution in [0, 0.1) is 0 Å². The van der Waals surface area contributed by atoms with Gasteiger partial charge in [0.1, 0.15) is 5.75 Å². The number of aromatic nitrogens is 2. The minimum Gasteiger partial charge on any atom is -0.497 e. The molecule has 1 aliphatic rings. The molecule has 0 atom stereocenters. The highest BCUT2D eigenvalue weighted by atomic mass is 16.5. The van der Waals surface area contributed by atoms with E-state index in [1.165, 1.54) is 24.1 Å². The van der Waals surface area contributed by atoms with Gasteiger partial charge in [-0.3, -0.25) is 9.78 Å². The first-order chi connectivity index (χ1) is 11.2. The maximum absolute atomic E-state index is 12.4. The van der Waals surface area contributed by atoms with E-state index in [-0.39, 0.29) is 5.43 Å². The molecule has 4 nitrogen and oxygen atoms in total. The minimum atomic E-state index is -0.00377. The van der Waals surface area contributed by atoms with Gasteiger partial charge in [-0.1, -0.05) is 6.07 Å². The van der Waals surface area contributed by atoms with Crippen LogP contribution in [0.4, 0.5) is 0 Å². The number of fused-ring (bicyclic) bond motifs is 2. The van der Waals surface area contributed by atoms with Crippen LogP contribution in [0.25, 0.3) is 22.3 Å². The van der Waals surface area contributed by atoms with Crippen molar-refractivity contribution in [3.05, 3.63) is 57.9 Å². The summed E-state index contributed by atoms with van der Waals surface area (Å²) in [6.45, 7) is 0. The largest absolute Gasteiger partial charge is 0.497 e. The zero-order chi connectivity index (χ0) is 15.8. The molecule has 1 N–H and O–H groups in total. The fourth-order valence-corrected chi connectivity index (χ4v) is 3.23. The summed E-state index contributed by atoms with van der Waals surface area (Å²) in [5.74, 6) is 0.726. The van der Waals surface area contributed by atoms with Gasteiger partial charge in [-0.25, -0.2) is 0 Å². The van der Waals surface area contributed by atoms with Gasteiger partial charge in [-0.05, 0) is 49.4 Å². The first kappa shape index (κ1) is 14.0. The monoisotopic (exact) mass is 306 g/mol. The Balaban J connectivity index is 1.86. The lowest BCUT2D eigenvalue weighted by Crippen LogP contribution is -2.07. The lowest BCUT2D eigenvalue weighted by molar-refractivity contribution is 0.415. The van der Waals surface area contributed by atoms with Crippen LogP contribution in [0.2, 0.25) is 0 Å². The highest BCUT2D eigenvalue weighted by Gasteiger charge is 2.13. The second kappa shape index (κ2) is 5.54. The van der Waals surface area contributed by atoms with Crippen LogP contribution in [0.1, 0.15) is 24.1 Å². The number of aromatic amines is 1. The van der Waals surface area contributed by atoms with Crippen molar-refractivity contribution in [3.63, 3.8) is 0 Å². The molecule has 0 unspecified atom stereocenters. The maximum atomic E-state index is 12.4. The van der Waals surface area contributed by atoms with Crippen LogP contribution in [-0.4, -0.2) is 17.1 Å². The standard InChI is InChI=1S/C19H18N2O2/c1-23-13-7-8-14-17(10-13)21-18(11-19(14)22)16-9-6-12-4-2-3-5-15(12)20-16/h6-11H,2-5H2,1H3,(H,21,22).